The predicted octanol–water partition coefficient (Wildman–Crippen LogP) is 3.52. The van der Waals surface area contributed by atoms with Crippen molar-refractivity contribution in [3.8, 4) is 0 Å². The van der Waals surface area contributed by atoms with E-state index in [4.69, 9.17) is 0 Å². The lowest BCUT2D eigenvalue weighted by Crippen LogP contribution is -2.27. The fraction of sp³-hybridized carbons (Fsp3) is 1.00. The van der Waals surface area contributed by atoms with Crippen LogP contribution in [0.15, 0.2) is 0 Å². The van der Waals surface area contributed by atoms with E-state index >= 15 is 0 Å². The third-order valence-electron chi connectivity index (χ3n) is 4.66. The normalized spacial score (nSPS) is 24.2. The molecule has 0 aromatic carbocycles. The van der Waals surface area contributed by atoms with Crippen LogP contribution in [0, 0.1) is 11.8 Å². The van der Waals surface area contributed by atoms with E-state index in [1.165, 1.54) is 58.2 Å². The van der Waals surface area contributed by atoms with Gasteiger partial charge >= 0.3 is 0 Å². The molecule has 0 saturated carbocycles. The second-order valence-corrected chi connectivity index (χ2v) is 6.46. The summed E-state index contributed by atoms with van der Waals surface area (Å²) in [5.74, 6) is 1.85. The highest BCUT2D eigenvalue weighted by Gasteiger charge is 2.18. The first kappa shape index (κ1) is 16.0. The summed E-state index contributed by atoms with van der Waals surface area (Å²) in [4.78, 5) is 2.70. The number of nitrogens with one attached hydrogen (secondary N) is 1. The number of unbranched alkanes of at least 4 members (excludes halogenated alkanes) is 1. The van der Waals surface area contributed by atoms with Crippen molar-refractivity contribution in [3.05, 3.63) is 0 Å². The summed E-state index contributed by atoms with van der Waals surface area (Å²) >= 11 is 0. The molecule has 1 rings (SSSR count). The van der Waals surface area contributed by atoms with E-state index in [2.05, 4.69) is 38.0 Å². The monoisotopic (exact) mass is 254 g/mol. The van der Waals surface area contributed by atoms with Gasteiger partial charge in [-0.15, -0.1) is 0 Å². The smallest absolute Gasteiger partial charge is 0.00357 e. The molecule has 1 aliphatic rings. The first-order chi connectivity index (χ1) is 8.63. The summed E-state index contributed by atoms with van der Waals surface area (Å²) in [6.45, 7) is 11.1. The summed E-state index contributed by atoms with van der Waals surface area (Å²) in [6, 6.07) is 0.680. The van der Waals surface area contributed by atoms with Gasteiger partial charge in [0.15, 0.2) is 0 Å². The third kappa shape index (κ3) is 6.19. The highest BCUT2D eigenvalue weighted by Crippen LogP contribution is 2.24. The van der Waals surface area contributed by atoms with Crippen LogP contribution < -0.4 is 5.32 Å². The second-order valence-electron chi connectivity index (χ2n) is 6.46. The summed E-state index contributed by atoms with van der Waals surface area (Å²) in [6.07, 6.45) is 8.34. The minimum Gasteiger partial charge on any atom is -0.317 e. The Bertz CT molecular complexity index is 203. The van der Waals surface area contributed by atoms with Crippen molar-refractivity contribution in [1.29, 1.82) is 0 Å². The predicted molar refractivity (Wildman–Crippen MR) is 81.0 cm³/mol. The lowest BCUT2D eigenvalue weighted by molar-refractivity contribution is 0.265. The molecule has 0 aromatic heterocycles. The zero-order chi connectivity index (χ0) is 13.4. The largest absolute Gasteiger partial charge is 0.317 e. The van der Waals surface area contributed by atoms with Gasteiger partial charge in [-0.25, -0.2) is 0 Å². The van der Waals surface area contributed by atoms with E-state index in [1.54, 1.807) is 0 Å². The second kappa shape index (κ2) is 8.92. The quantitative estimate of drug-likeness (QED) is 0.699. The first-order valence-electron chi connectivity index (χ1n) is 8.03. The van der Waals surface area contributed by atoms with Crippen LogP contribution in [0.3, 0.4) is 0 Å². The van der Waals surface area contributed by atoms with E-state index in [-0.39, 0.29) is 0 Å². The van der Waals surface area contributed by atoms with Gasteiger partial charge in [0.05, 0.1) is 0 Å². The van der Waals surface area contributed by atoms with Crippen LogP contribution in [-0.2, 0) is 0 Å². The molecule has 0 spiro atoms. The molecule has 2 unspecified atom stereocenters. The van der Waals surface area contributed by atoms with Gasteiger partial charge in [-0.1, -0.05) is 20.3 Å². The average molecular weight is 254 g/mol. The molecule has 1 fully saturated rings. The number of hydrogen-bond acceptors (Lipinski definition) is 2. The van der Waals surface area contributed by atoms with Gasteiger partial charge < -0.3 is 10.2 Å². The Balaban J connectivity index is 2.12. The number of nitrogens with zero attached hydrogens (tertiary/aromatic N) is 1. The molecule has 1 aliphatic heterocycles. The van der Waals surface area contributed by atoms with Crippen molar-refractivity contribution < 1.29 is 0 Å². The Kier molecular flexibility index (Phi) is 7.92. The Hall–Kier alpha value is -0.0800. The Morgan fingerprint density at radius 3 is 2.56 bits per heavy atom. The molecular formula is C16H34N2. The van der Waals surface area contributed by atoms with E-state index in [1.807, 2.05) is 0 Å². The lowest BCUT2D eigenvalue weighted by atomic mass is 9.89. The number of hydrogen-bond donors (Lipinski definition) is 1. The molecule has 18 heavy (non-hydrogen) atoms. The number of rotatable bonds is 7. The fourth-order valence-electron chi connectivity index (χ4n) is 3.00. The summed E-state index contributed by atoms with van der Waals surface area (Å²) in [5, 5.41) is 3.32. The van der Waals surface area contributed by atoms with Gasteiger partial charge in [-0.2, -0.15) is 0 Å². The van der Waals surface area contributed by atoms with E-state index in [0.29, 0.717) is 6.04 Å². The molecule has 1 heterocycles. The van der Waals surface area contributed by atoms with Gasteiger partial charge in [0.1, 0.15) is 0 Å². The average Bonchev–Trinajstić information content (AvgIpc) is 2.59. The lowest BCUT2D eigenvalue weighted by Gasteiger charge is -2.21. The fourth-order valence-corrected chi connectivity index (χ4v) is 3.00. The van der Waals surface area contributed by atoms with Gasteiger partial charge in [0.2, 0.25) is 0 Å². The first-order valence-corrected chi connectivity index (χ1v) is 8.03. The molecule has 1 saturated heterocycles. The van der Waals surface area contributed by atoms with Crippen LogP contribution >= 0.6 is 0 Å². The van der Waals surface area contributed by atoms with E-state index in [0.717, 1.165) is 11.8 Å². The molecule has 0 radical (unpaired) electrons. The molecule has 0 aromatic rings. The highest BCUT2D eigenvalue weighted by molar-refractivity contribution is 4.72. The van der Waals surface area contributed by atoms with Crippen LogP contribution in [0.25, 0.3) is 0 Å². The van der Waals surface area contributed by atoms with Crippen LogP contribution in [0.1, 0.15) is 59.3 Å². The zero-order valence-corrected chi connectivity index (χ0v) is 13.0. The van der Waals surface area contributed by atoms with Crippen LogP contribution in [0.4, 0.5) is 0 Å². The van der Waals surface area contributed by atoms with Gasteiger partial charge in [-0.05, 0) is 77.5 Å². The molecular weight excluding hydrogens is 220 g/mol. The maximum Gasteiger partial charge on any atom is 0.00357 e. The van der Waals surface area contributed by atoms with E-state index in [9.17, 15) is 0 Å². The minimum atomic E-state index is 0.680. The molecule has 0 amide bonds. The Labute approximate surface area is 115 Å². The molecule has 0 aliphatic carbocycles. The molecule has 0 bridgehead atoms. The minimum absolute atomic E-state index is 0.680. The van der Waals surface area contributed by atoms with Gasteiger partial charge in [0, 0.05) is 6.04 Å². The number of likely N-dealkylation sites (tertiary alicyclic amines) is 1. The van der Waals surface area contributed by atoms with Crippen molar-refractivity contribution in [3.63, 3.8) is 0 Å². The van der Waals surface area contributed by atoms with Crippen molar-refractivity contribution in [2.45, 2.75) is 65.3 Å². The van der Waals surface area contributed by atoms with Crippen molar-refractivity contribution in [2.75, 3.05) is 26.7 Å². The van der Waals surface area contributed by atoms with Crippen LogP contribution in [0.5, 0.6) is 0 Å². The third-order valence-corrected chi connectivity index (χ3v) is 4.66. The van der Waals surface area contributed by atoms with E-state index < -0.39 is 0 Å². The maximum absolute atomic E-state index is 3.32. The Morgan fingerprint density at radius 1 is 1.11 bits per heavy atom. The summed E-state index contributed by atoms with van der Waals surface area (Å²) in [7, 11) is 2.06. The summed E-state index contributed by atoms with van der Waals surface area (Å²) in [5.41, 5.74) is 0. The van der Waals surface area contributed by atoms with Gasteiger partial charge in [0.25, 0.3) is 0 Å². The van der Waals surface area contributed by atoms with Crippen LogP contribution in [0.2, 0.25) is 0 Å². The molecule has 1 N–H and O–H groups in total. The SMILES string of the molecule is CNC(C)CCCCN1CCCC(C(C)C)CC1. The standard InChI is InChI=1S/C16H34N2/c1-14(2)16-9-7-12-18(13-10-16)11-6-5-8-15(3)17-4/h14-17H,5-13H2,1-4H3. The zero-order valence-electron chi connectivity index (χ0n) is 13.0. The molecule has 2 nitrogen and oxygen atoms in total. The highest BCUT2D eigenvalue weighted by atomic mass is 15.1. The van der Waals surface area contributed by atoms with Crippen molar-refractivity contribution in [1.82, 2.24) is 10.2 Å². The van der Waals surface area contributed by atoms with Crippen molar-refractivity contribution in [2.24, 2.45) is 11.8 Å². The molecule has 2 heteroatoms. The maximum atomic E-state index is 3.32. The Morgan fingerprint density at radius 2 is 1.89 bits per heavy atom. The summed E-state index contributed by atoms with van der Waals surface area (Å²) < 4.78 is 0. The molecule has 2 atom stereocenters. The van der Waals surface area contributed by atoms with Gasteiger partial charge in [-0.3, -0.25) is 0 Å². The van der Waals surface area contributed by atoms with Crippen LogP contribution in [-0.4, -0.2) is 37.6 Å². The topological polar surface area (TPSA) is 15.3 Å². The molecule has 108 valence electrons. The van der Waals surface area contributed by atoms with Crippen molar-refractivity contribution >= 4 is 0 Å².